The normalized spacial score (nSPS) is 14.2. The highest BCUT2D eigenvalue weighted by Gasteiger charge is 2.18. The van der Waals surface area contributed by atoms with Crippen molar-refractivity contribution in [1.82, 2.24) is 14.9 Å². The van der Waals surface area contributed by atoms with E-state index in [-0.39, 0.29) is 11.8 Å². The van der Waals surface area contributed by atoms with Crippen LogP contribution >= 0.6 is 0 Å². The van der Waals surface area contributed by atoms with Crippen LogP contribution in [-0.4, -0.2) is 37.0 Å². The average molecular weight is 217 g/mol. The summed E-state index contributed by atoms with van der Waals surface area (Å²) in [7, 11) is 0.575. The maximum absolute atomic E-state index is 11.1. The Balaban J connectivity index is 2.89. The van der Waals surface area contributed by atoms with Crippen LogP contribution in [0.4, 0.5) is 0 Å². The molecule has 5 nitrogen and oxygen atoms in total. The molecular weight excluding hydrogens is 202 g/mol. The van der Waals surface area contributed by atoms with E-state index >= 15 is 0 Å². The van der Waals surface area contributed by atoms with Crippen molar-refractivity contribution < 1.29 is 8.42 Å². The highest BCUT2D eigenvalue weighted by Crippen LogP contribution is 2.11. The molecule has 1 N–H and O–H groups in total. The van der Waals surface area contributed by atoms with Crippen LogP contribution in [0.1, 0.15) is 11.9 Å². The first-order valence-electron chi connectivity index (χ1n) is 4.26. The van der Waals surface area contributed by atoms with Crippen LogP contribution in [0.25, 0.3) is 0 Å². The molecule has 0 aliphatic carbocycles. The molecule has 1 atom stereocenters. The molecule has 0 amide bonds. The van der Waals surface area contributed by atoms with E-state index in [9.17, 15) is 8.42 Å². The van der Waals surface area contributed by atoms with E-state index in [1.54, 1.807) is 19.4 Å². The molecule has 0 aliphatic heterocycles. The second-order valence-electron chi connectivity index (χ2n) is 3.33. The molecule has 1 rings (SSSR count). The minimum Gasteiger partial charge on any atom is -0.337 e. The summed E-state index contributed by atoms with van der Waals surface area (Å²) >= 11 is 0. The van der Waals surface area contributed by atoms with Gasteiger partial charge in [0, 0.05) is 25.7 Å². The molecule has 1 unspecified atom stereocenters. The number of hydrogen-bond donors (Lipinski definition) is 1. The summed E-state index contributed by atoms with van der Waals surface area (Å²) in [5.41, 5.74) is 0. The molecular formula is C8H15N3O2S. The van der Waals surface area contributed by atoms with Gasteiger partial charge in [0.1, 0.15) is 15.7 Å². The van der Waals surface area contributed by atoms with Gasteiger partial charge in [0.05, 0.1) is 11.8 Å². The number of nitrogens with one attached hydrogen (secondary N) is 1. The number of sulfone groups is 1. The zero-order valence-electron chi connectivity index (χ0n) is 8.56. The van der Waals surface area contributed by atoms with E-state index in [1.807, 2.05) is 11.6 Å². The van der Waals surface area contributed by atoms with E-state index in [4.69, 9.17) is 0 Å². The van der Waals surface area contributed by atoms with Gasteiger partial charge in [-0.2, -0.15) is 0 Å². The molecule has 0 aliphatic rings. The number of hydrogen-bond acceptors (Lipinski definition) is 4. The van der Waals surface area contributed by atoms with E-state index in [2.05, 4.69) is 10.3 Å². The smallest absolute Gasteiger partial charge is 0.149 e. The minimum absolute atomic E-state index is 0.0638. The molecule has 0 aromatic carbocycles. The van der Waals surface area contributed by atoms with Gasteiger partial charge in [-0.3, -0.25) is 0 Å². The van der Waals surface area contributed by atoms with Crippen LogP contribution in [0, 0.1) is 0 Å². The van der Waals surface area contributed by atoms with E-state index in [0.717, 1.165) is 5.82 Å². The fraction of sp³-hybridized carbons (Fsp3) is 0.625. The van der Waals surface area contributed by atoms with Gasteiger partial charge in [0.25, 0.3) is 0 Å². The first-order chi connectivity index (χ1) is 6.44. The van der Waals surface area contributed by atoms with Crippen LogP contribution in [0.5, 0.6) is 0 Å². The van der Waals surface area contributed by atoms with Gasteiger partial charge in [-0.25, -0.2) is 13.4 Å². The SMILES string of the molecule is CNC(CS(C)(=O)=O)c1nccn1C. The second-order valence-corrected chi connectivity index (χ2v) is 5.51. The van der Waals surface area contributed by atoms with Crippen LogP contribution in [0.2, 0.25) is 0 Å². The number of aryl methyl sites for hydroxylation is 1. The standard InChI is InChI=1S/C8H15N3O2S/c1-9-7(6-14(3,12)13)8-10-4-5-11(8)2/h4-5,7,9H,6H2,1-3H3. The second kappa shape index (κ2) is 4.10. The highest BCUT2D eigenvalue weighted by atomic mass is 32.2. The van der Waals surface area contributed by atoms with E-state index in [1.165, 1.54) is 6.26 Å². The van der Waals surface area contributed by atoms with Crippen molar-refractivity contribution in [2.75, 3.05) is 19.1 Å². The molecule has 6 heteroatoms. The molecule has 0 radical (unpaired) electrons. The van der Waals surface area contributed by atoms with Gasteiger partial charge in [-0.05, 0) is 7.05 Å². The van der Waals surface area contributed by atoms with Crippen molar-refractivity contribution >= 4 is 9.84 Å². The maximum atomic E-state index is 11.1. The van der Waals surface area contributed by atoms with Gasteiger partial charge in [-0.15, -0.1) is 0 Å². The lowest BCUT2D eigenvalue weighted by molar-refractivity contribution is 0.556. The van der Waals surface area contributed by atoms with E-state index < -0.39 is 9.84 Å². The van der Waals surface area contributed by atoms with Gasteiger partial charge < -0.3 is 9.88 Å². The van der Waals surface area contributed by atoms with Gasteiger partial charge in [0.15, 0.2) is 0 Å². The monoisotopic (exact) mass is 217 g/mol. The topological polar surface area (TPSA) is 64.0 Å². The summed E-state index contributed by atoms with van der Waals surface area (Å²) in [6.07, 6.45) is 4.67. The van der Waals surface area contributed by atoms with Crippen LogP contribution in [-0.2, 0) is 16.9 Å². The molecule has 1 aromatic rings. The van der Waals surface area contributed by atoms with Crippen molar-refractivity contribution in [3.8, 4) is 0 Å². The Morgan fingerprint density at radius 2 is 2.29 bits per heavy atom. The largest absolute Gasteiger partial charge is 0.337 e. The molecule has 0 fully saturated rings. The zero-order valence-corrected chi connectivity index (χ0v) is 9.37. The Morgan fingerprint density at radius 1 is 1.64 bits per heavy atom. The first kappa shape index (κ1) is 11.2. The van der Waals surface area contributed by atoms with Gasteiger partial charge in [0.2, 0.25) is 0 Å². The Kier molecular flexibility index (Phi) is 3.28. The molecule has 0 bridgehead atoms. The lowest BCUT2D eigenvalue weighted by Gasteiger charge is -2.14. The molecule has 1 heterocycles. The third-order valence-corrected chi connectivity index (χ3v) is 2.93. The Hall–Kier alpha value is -0.880. The molecule has 0 spiro atoms. The molecule has 14 heavy (non-hydrogen) atoms. The molecule has 0 saturated carbocycles. The predicted molar refractivity (Wildman–Crippen MR) is 54.7 cm³/mol. The lowest BCUT2D eigenvalue weighted by atomic mass is 10.3. The summed E-state index contributed by atoms with van der Waals surface area (Å²) in [5.74, 6) is 0.798. The summed E-state index contributed by atoms with van der Waals surface area (Å²) in [5, 5.41) is 2.94. The molecule has 0 saturated heterocycles. The van der Waals surface area contributed by atoms with Crippen molar-refractivity contribution in [2.45, 2.75) is 6.04 Å². The highest BCUT2D eigenvalue weighted by molar-refractivity contribution is 7.90. The number of aromatic nitrogens is 2. The van der Waals surface area contributed by atoms with Crippen LogP contribution in [0.15, 0.2) is 12.4 Å². The Labute approximate surface area is 84.1 Å². The fourth-order valence-electron chi connectivity index (χ4n) is 1.30. The average Bonchev–Trinajstić information content (AvgIpc) is 2.45. The first-order valence-corrected chi connectivity index (χ1v) is 6.32. The maximum Gasteiger partial charge on any atom is 0.149 e. The van der Waals surface area contributed by atoms with Crippen molar-refractivity contribution in [1.29, 1.82) is 0 Å². The van der Waals surface area contributed by atoms with Gasteiger partial charge in [-0.1, -0.05) is 0 Å². The van der Waals surface area contributed by atoms with Crippen LogP contribution < -0.4 is 5.32 Å². The summed E-state index contributed by atoms with van der Waals surface area (Å²) in [4.78, 5) is 4.11. The molecule has 1 aromatic heterocycles. The van der Waals surface area contributed by atoms with Crippen molar-refractivity contribution in [2.24, 2.45) is 7.05 Å². The predicted octanol–water partition coefficient (Wildman–Crippen LogP) is -0.275. The number of imidazole rings is 1. The summed E-state index contributed by atoms with van der Waals surface area (Å²) < 4.78 is 24.1. The van der Waals surface area contributed by atoms with Crippen LogP contribution in [0.3, 0.4) is 0 Å². The third kappa shape index (κ3) is 2.81. The summed E-state index contributed by atoms with van der Waals surface area (Å²) in [6.45, 7) is 0. The Morgan fingerprint density at radius 3 is 2.64 bits per heavy atom. The van der Waals surface area contributed by atoms with Gasteiger partial charge >= 0.3 is 0 Å². The zero-order chi connectivity index (χ0) is 10.8. The number of rotatable bonds is 4. The van der Waals surface area contributed by atoms with E-state index in [0.29, 0.717) is 0 Å². The lowest BCUT2D eigenvalue weighted by Crippen LogP contribution is -2.27. The minimum atomic E-state index is -2.99. The fourth-order valence-corrected chi connectivity index (χ4v) is 2.22. The quantitative estimate of drug-likeness (QED) is 0.753. The van der Waals surface area contributed by atoms with Crippen molar-refractivity contribution in [3.63, 3.8) is 0 Å². The number of nitrogens with zero attached hydrogens (tertiary/aromatic N) is 2. The molecule has 80 valence electrons. The third-order valence-electron chi connectivity index (χ3n) is 1.99. The summed E-state index contributed by atoms with van der Waals surface area (Å²) in [6, 6.07) is -0.245. The van der Waals surface area contributed by atoms with Crippen molar-refractivity contribution in [3.05, 3.63) is 18.2 Å². The Bertz CT molecular complexity index is 396.